The van der Waals surface area contributed by atoms with E-state index in [1.807, 2.05) is 23.3 Å². The Hall–Kier alpha value is -1.07. The van der Waals surface area contributed by atoms with E-state index in [1.165, 1.54) is 12.1 Å². The van der Waals surface area contributed by atoms with Gasteiger partial charge < -0.3 is 10.6 Å². The molecule has 1 aliphatic rings. The average molecular weight is 310 g/mol. The average Bonchev–Trinajstić information content (AvgIpc) is 2.95. The number of rotatable bonds is 6. The minimum Gasteiger partial charge on any atom is -0.341 e. The van der Waals surface area contributed by atoms with Crippen LogP contribution in [0.4, 0.5) is 4.39 Å². The Bertz CT molecular complexity index is 466. The molecule has 0 aromatic heterocycles. The molecule has 3 nitrogen and oxygen atoms in total. The number of amides is 1. The second-order valence-corrected chi connectivity index (χ2v) is 6.64. The summed E-state index contributed by atoms with van der Waals surface area (Å²) in [4.78, 5) is 14.1. The molecule has 5 heteroatoms. The van der Waals surface area contributed by atoms with E-state index in [1.54, 1.807) is 11.8 Å². The number of carbonyl (C=O) groups is 1. The monoisotopic (exact) mass is 310 g/mol. The zero-order valence-electron chi connectivity index (χ0n) is 12.4. The maximum atomic E-state index is 12.9. The number of likely N-dealkylation sites (tertiary alicyclic amines) is 1. The third-order valence-electron chi connectivity index (χ3n) is 3.99. The minimum absolute atomic E-state index is 0.0747. The lowest BCUT2D eigenvalue weighted by Crippen LogP contribution is -2.43. The molecule has 2 N–H and O–H groups in total. The van der Waals surface area contributed by atoms with E-state index < -0.39 is 0 Å². The van der Waals surface area contributed by atoms with Crippen LogP contribution in [0, 0.1) is 11.7 Å². The fraction of sp³-hybridized carbons (Fsp3) is 0.562. The maximum absolute atomic E-state index is 12.9. The first-order chi connectivity index (χ1) is 10.1. The standard InChI is InChI=1S/C16H23FN2OS/c1-21-9-7-15(18)16(20)19-8-6-13(11-19)10-12-2-4-14(17)5-3-12/h2-5,13,15H,6-11,18H2,1H3/t13?,15-/m0/s1. The number of nitrogens with two attached hydrogens (primary N) is 1. The number of benzene rings is 1. The fourth-order valence-electron chi connectivity index (χ4n) is 2.76. The van der Waals surface area contributed by atoms with Gasteiger partial charge in [0, 0.05) is 13.1 Å². The van der Waals surface area contributed by atoms with Crippen molar-refractivity contribution in [2.75, 3.05) is 25.1 Å². The van der Waals surface area contributed by atoms with Gasteiger partial charge in [-0.3, -0.25) is 4.79 Å². The largest absolute Gasteiger partial charge is 0.341 e. The summed E-state index contributed by atoms with van der Waals surface area (Å²) < 4.78 is 12.9. The molecule has 1 heterocycles. The molecule has 1 aliphatic heterocycles. The van der Waals surface area contributed by atoms with Gasteiger partial charge in [0.1, 0.15) is 5.82 Å². The van der Waals surface area contributed by atoms with Crippen molar-refractivity contribution in [3.8, 4) is 0 Å². The molecule has 1 fully saturated rings. The zero-order valence-corrected chi connectivity index (χ0v) is 13.2. The number of hydrogen-bond acceptors (Lipinski definition) is 3. The van der Waals surface area contributed by atoms with Gasteiger partial charge in [-0.1, -0.05) is 12.1 Å². The molecular weight excluding hydrogens is 287 g/mol. The topological polar surface area (TPSA) is 46.3 Å². The Morgan fingerprint density at radius 3 is 2.86 bits per heavy atom. The second-order valence-electron chi connectivity index (χ2n) is 5.66. The predicted molar refractivity (Wildman–Crippen MR) is 85.8 cm³/mol. The van der Waals surface area contributed by atoms with Gasteiger partial charge >= 0.3 is 0 Å². The number of hydrogen-bond donors (Lipinski definition) is 1. The van der Waals surface area contributed by atoms with Crippen LogP contribution in [-0.4, -0.2) is 41.9 Å². The van der Waals surface area contributed by atoms with E-state index in [-0.39, 0.29) is 17.8 Å². The van der Waals surface area contributed by atoms with E-state index in [0.29, 0.717) is 5.92 Å². The highest BCUT2D eigenvalue weighted by atomic mass is 32.2. The summed E-state index contributed by atoms with van der Waals surface area (Å²) in [6.45, 7) is 1.56. The van der Waals surface area contributed by atoms with Crippen LogP contribution in [0.25, 0.3) is 0 Å². The van der Waals surface area contributed by atoms with Crippen LogP contribution in [0.2, 0.25) is 0 Å². The molecule has 0 aliphatic carbocycles. The van der Waals surface area contributed by atoms with Gasteiger partial charge in [-0.15, -0.1) is 0 Å². The Kier molecular flexibility index (Phi) is 6.06. The van der Waals surface area contributed by atoms with Crippen LogP contribution in [-0.2, 0) is 11.2 Å². The van der Waals surface area contributed by atoms with E-state index in [0.717, 1.165) is 43.7 Å². The quantitative estimate of drug-likeness (QED) is 0.877. The Labute approximate surface area is 130 Å². The molecule has 0 bridgehead atoms. The third kappa shape index (κ3) is 4.71. The molecule has 0 radical (unpaired) electrons. The van der Waals surface area contributed by atoms with Gasteiger partial charge in [-0.25, -0.2) is 4.39 Å². The molecule has 1 unspecified atom stereocenters. The maximum Gasteiger partial charge on any atom is 0.239 e. The SMILES string of the molecule is CSCC[C@H](N)C(=O)N1CCC(Cc2ccc(F)cc2)C1. The summed E-state index contributed by atoms with van der Waals surface area (Å²) in [5.74, 6) is 1.24. The summed E-state index contributed by atoms with van der Waals surface area (Å²) in [5.41, 5.74) is 7.08. The van der Waals surface area contributed by atoms with Crippen molar-refractivity contribution in [1.82, 2.24) is 4.90 Å². The van der Waals surface area contributed by atoms with Gasteiger partial charge in [0.05, 0.1) is 6.04 Å². The second kappa shape index (κ2) is 7.80. The lowest BCUT2D eigenvalue weighted by molar-refractivity contribution is -0.131. The van der Waals surface area contributed by atoms with Crippen molar-refractivity contribution in [1.29, 1.82) is 0 Å². The summed E-state index contributed by atoms with van der Waals surface area (Å²) in [6, 6.07) is 6.26. The lowest BCUT2D eigenvalue weighted by atomic mass is 9.99. The van der Waals surface area contributed by atoms with Crippen molar-refractivity contribution in [3.63, 3.8) is 0 Å². The smallest absolute Gasteiger partial charge is 0.239 e. The van der Waals surface area contributed by atoms with E-state index >= 15 is 0 Å². The minimum atomic E-state index is -0.373. The Morgan fingerprint density at radius 2 is 2.19 bits per heavy atom. The molecule has 2 rings (SSSR count). The molecule has 1 aromatic rings. The number of carbonyl (C=O) groups excluding carboxylic acids is 1. The number of halogens is 1. The molecule has 1 aromatic carbocycles. The van der Waals surface area contributed by atoms with Crippen molar-refractivity contribution in [3.05, 3.63) is 35.6 Å². The van der Waals surface area contributed by atoms with Gasteiger partial charge in [-0.2, -0.15) is 11.8 Å². The van der Waals surface area contributed by atoms with E-state index in [4.69, 9.17) is 5.73 Å². The normalized spacial score (nSPS) is 19.8. The van der Waals surface area contributed by atoms with E-state index in [2.05, 4.69) is 0 Å². The summed E-state index contributed by atoms with van der Waals surface area (Å²) in [5, 5.41) is 0. The molecule has 1 amide bonds. The van der Waals surface area contributed by atoms with Crippen molar-refractivity contribution in [2.45, 2.75) is 25.3 Å². The lowest BCUT2D eigenvalue weighted by Gasteiger charge is -2.20. The Morgan fingerprint density at radius 1 is 1.48 bits per heavy atom. The van der Waals surface area contributed by atoms with Gasteiger partial charge in [0.25, 0.3) is 0 Å². The van der Waals surface area contributed by atoms with Crippen molar-refractivity contribution >= 4 is 17.7 Å². The number of nitrogens with zero attached hydrogens (tertiary/aromatic N) is 1. The van der Waals surface area contributed by atoms with Crippen LogP contribution in [0.15, 0.2) is 24.3 Å². The van der Waals surface area contributed by atoms with E-state index in [9.17, 15) is 9.18 Å². The van der Waals surface area contributed by atoms with Gasteiger partial charge in [0.15, 0.2) is 0 Å². The van der Waals surface area contributed by atoms with Gasteiger partial charge in [0.2, 0.25) is 5.91 Å². The molecule has 116 valence electrons. The first-order valence-electron chi connectivity index (χ1n) is 7.38. The van der Waals surface area contributed by atoms with Crippen LogP contribution < -0.4 is 5.73 Å². The molecule has 0 spiro atoms. The highest BCUT2D eigenvalue weighted by Crippen LogP contribution is 2.22. The highest BCUT2D eigenvalue weighted by Gasteiger charge is 2.29. The molecule has 0 saturated carbocycles. The van der Waals surface area contributed by atoms with Crippen LogP contribution in [0.3, 0.4) is 0 Å². The Balaban J connectivity index is 1.82. The molecular formula is C16H23FN2OS. The van der Waals surface area contributed by atoms with Crippen LogP contribution in [0.5, 0.6) is 0 Å². The highest BCUT2D eigenvalue weighted by molar-refractivity contribution is 7.98. The summed E-state index contributed by atoms with van der Waals surface area (Å²) in [6.07, 6.45) is 4.65. The zero-order chi connectivity index (χ0) is 15.2. The molecule has 2 atom stereocenters. The van der Waals surface area contributed by atoms with Crippen molar-refractivity contribution < 1.29 is 9.18 Å². The first kappa shape index (κ1) is 16.3. The van der Waals surface area contributed by atoms with Gasteiger partial charge in [-0.05, 0) is 54.9 Å². The van der Waals surface area contributed by atoms with Crippen molar-refractivity contribution in [2.24, 2.45) is 11.7 Å². The van der Waals surface area contributed by atoms with Crippen LogP contribution in [0.1, 0.15) is 18.4 Å². The molecule has 21 heavy (non-hydrogen) atoms. The number of thioether (sulfide) groups is 1. The summed E-state index contributed by atoms with van der Waals surface area (Å²) in [7, 11) is 0. The third-order valence-corrected chi connectivity index (χ3v) is 4.63. The molecule has 1 saturated heterocycles. The first-order valence-corrected chi connectivity index (χ1v) is 8.77. The van der Waals surface area contributed by atoms with Crippen LogP contribution >= 0.6 is 11.8 Å². The fourth-order valence-corrected chi connectivity index (χ4v) is 3.25. The predicted octanol–water partition coefficient (Wildman–Crippen LogP) is 2.30. The summed E-state index contributed by atoms with van der Waals surface area (Å²) >= 11 is 1.71.